The molecule has 0 saturated heterocycles. The predicted molar refractivity (Wildman–Crippen MR) is 63.5 cm³/mol. The summed E-state index contributed by atoms with van der Waals surface area (Å²) in [7, 11) is 0. The Hall–Kier alpha value is -1.69. The smallest absolute Gasteiger partial charge is 0.231 e. The van der Waals surface area contributed by atoms with E-state index in [1.54, 1.807) is 17.4 Å². The highest BCUT2D eigenvalue weighted by molar-refractivity contribution is 7.08. The number of anilines is 1. The monoisotopic (exact) mass is 251 g/mol. The third-order valence-corrected chi connectivity index (χ3v) is 3.39. The van der Waals surface area contributed by atoms with E-state index in [-0.39, 0.29) is 5.91 Å². The zero-order valence-corrected chi connectivity index (χ0v) is 9.63. The summed E-state index contributed by atoms with van der Waals surface area (Å²) in [6, 6.07) is 3.71. The lowest BCUT2D eigenvalue weighted by Gasteiger charge is -1.97. The van der Waals surface area contributed by atoms with Gasteiger partial charge in [-0.25, -0.2) is 4.39 Å². The second-order valence-electron chi connectivity index (χ2n) is 4.03. The highest BCUT2D eigenvalue weighted by atomic mass is 32.1. The van der Waals surface area contributed by atoms with Crippen molar-refractivity contribution in [2.75, 3.05) is 5.32 Å². The molecule has 6 heteroatoms. The lowest BCUT2D eigenvalue weighted by molar-refractivity contribution is -0.117. The van der Waals surface area contributed by atoms with Gasteiger partial charge in [-0.15, -0.1) is 0 Å². The van der Waals surface area contributed by atoms with Gasteiger partial charge in [0.1, 0.15) is 6.17 Å². The second kappa shape index (κ2) is 3.96. The maximum Gasteiger partial charge on any atom is 0.231 e. The van der Waals surface area contributed by atoms with Crippen LogP contribution in [0.1, 0.15) is 6.42 Å². The number of thiophene rings is 1. The molecule has 1 aliphatic rings. The summed E-state index contributed by atoms with van der Waals surface area (Å²) in [5.74, 6) is -0.340. The van der Waals surface area contributed by atoms with Gasteiger partial charge >= 0.3 is 0 Å². The molecular formula is C11H10FN3OS. The van der Waals surface area contributed by atoms with Crippen LogP contribution in [0.4, 0.5) is 10.2 Å². The topological polar surface area (TPSA) is 57.8 Å². The zero-order chi connectivity index (χ0) is 11.8. The van der Waals surface area contributed by atoms with E-state index in [0.717, 1.165) is 11.3 Å². The van der Waals surface area contributed by atoms with Crippen molar-refractivity contribution < 1.29 is 9.18 Å². The van der Waals surface area contributed by atoms with Crippen LogP contribution in [0, 0.1) is 5.92 Å². The van der Waals surface area contributed by atoms with Crippen LogP contribution in [0.2, 0.25) is 0 Å². The van der Waals surface area contributed by atoms with Gasteiger partial charge < -0.3 is 5.32 Å². The predicted octanol–water partition coefficient (Wildman–Crippen LogP) is 2.43. The number of H-pyrrole nitrogens is 1. The Morgan fingerprint density at radius 1 is 1.65 bits per heavy atom. The number of amides is 1. The first kappa shape index (κ1) is 10.5. The van der Waals surface area contributed by atoms with Crippen molar-refractivity contribution in [2.45, 2.75) is 12.6 Å². The van der Waals surface area contributed by atoms with Crippen molar-refractivity contribution in [2.24, 2.45) is 5.92 Å². The number of carbonyl (C=O) groups excluding carboxylic acids is 1. The Bertz CT molecular complexity index is 537. The average Bonchev–Trinajstić information content (AvgIpc) is 2.76. The Kier molecular flexibility index (Phi) is 2.44. The van der Waals surface area contributed by atoms with Gasteiger partial charge in [0.05, 0.1) is 11.6 Å². The van der Waals surface area contributed by atoms with Crippen molar-refractivity contribution in [3.05, 3.63) is 22.9 Å². The first-order chi connectivity index (χ1) is 8.24. The summed E-state index contributed by atoms with van der Waals surface area (Å²) < 4.78 is 12.7. The number of nitrogens with zero attached hydrogens (tertiary/aromatic N) is 1. The van der Waals surface area contributed by atoms with Gasteiger partial charge in [0.25, 0.3) is 0 Å². The molecular weight excluding hydrogens is 241 g/mol. The molecule has 0 aliphatic heterocycles. The fourth-order valence-corrected chi connectivity index (χ4v) is 2.26. The van der Waals surface area contributed by atoms with Gasteiger partial charge in [-0.1, -0.05) is 0 Å². The second-order valence-corrected chi connectivity index (χ2v) is 4.81. The van der Waals surface area contributed by atoms with E-state index in [4.69, 9.17) is 0 Å². The third kappa shape index (κ3) is 2.08. The van der Waals surface area contributed by atoms with Crippen LogP contribution in [0.15, 0.2) is 22.9 Å². The van der Waals surface area contributed by atoms with Gasteiger partial charge in [-0.3, -0.25) is 9.89 Å². The van der Waals surface area contributed by atoms with Gasteiger partial charge in [-0.2, -0.15) is 16.4 Å². The fourth-order valence-electron chi connectivity index (χ4n) is 1.61. The molecule has 17 heavy (non-hydrogen) atoms. The molecule has 4 nitrogen and oxygen atoms in total. The van der Waals surface area contributed by atoms with E-state index < -0.39 is 12.1 Å². The number of nitrogens with one attached hydrogen (secondary N) is 2. The van der Waals surface area contributed by atoms with Gasteiger partial charge in [0, 0.05) is 17.0 Å². The van der Waals surface area contributed by atoms with E-state index >= 15 is 0 Å². The van der Waals surface area contributed by atoms with Crippen molar-refractivity contribution in [1.82, 2.24) is 10.2 Å². The summed E-state index contributed by atoms with van der Waals surface area (Å²) >= 11 is 1.59. The first-order valence-electron chi connectivity index (χ1n) is 5.27. The number of aromatic amines is 1. The van der Waals surface area contributed by atoms with E-state index in [2.05, 4.69) is 15.5 Å². The fraction of sp³-hybridized carbons (Fsp3) is 0.273. The van der Waals surface area contributed by atoms with Gasteiger partial charge in [0.2, 0.25) is 5.91 Å². The maximum absolute atomic E-state index is 12.7. The number of hydrogen-bond acceptors (Lipinski definition) is 3. The summed E-state index contributed by atoms with van der Waals surface area (Å²) in [4.78, 5) is 11.5. The van der Waals surface area contributed by atoms with Crippen LogP contribution in [0.25, 0.3) is 11.3 Å². The Labute approximate surface area is 101 Å². The number of aromatic nitrogens is 2. The zero-order valence-electron chi connectivity index (χ0n) is 8.81. The maximum atomic E-state index is 12.7. The van der Waals surface area contributed by atoms with Crippen LogP contribution in [-0.2, 0) is 4.79 Å². The molecule has 3 rings (SSSR count). The molecule has 2 unspecified atom stereocenters. The molecule has 0 radical (unpaired) electrons. The Balaban J connectivity index is 1.71. The molecule has 0 bridgehead atoms. The van der Waals surface area contributed by atoms with Crippen molar-refractivity contribution >= 4 is 23.1 Å². The number of alkyl halides is 1. The Morgan fingerprint density at radius 3 is 3.12 bits per heavy atom. The van der Waals surface area contributed by atoms with E-state index in [1.165, 1.54) is 0 Å². The lowest BCUT2D eigenvalue weighted by atomic mass is 10.2. The lowest BCUT2D eigenvalue weighted by Crippen LogP contribution is -2.15. The van der Waals surface area contributed by atoms with Crippen LogP contribution in [-0.4, -0.2) is 22.3 Å². The number of carbonyl (C=O) groups is 1. The summed E-state index contributed by atoms with van der Waals surface area (Å²) in [6.07, 6.45) is -0.654. The minimum absolute atomic E-state index is 0.291. The van der Waals surface area contributed by atoms with E-state index in [0.29, 0.717) is 12.2 Å². The van der Waals surface area contributed by atoms with Crippen LogP contribution >= 0.6 is 11.3 Å². The molecule has 0 aromatic carbocycles. The summed E-state index contributed by atoms with van der Waals surface area (Å²) in [6.45, 7) is 0. The van der Waals surface area contributed by atoms with Crippen LogP contribution < -0.4 is 5.32 Å². The number of halogens is 1. The van der Waals surface area contributed by atoms with E-state index in [9.17, 15) is 9.18 Å². The van der Waals surface area contributed by atoms with Crippen LogP contribution in [0.3, 0.4) is 0 Å². The standard InChI is InChI=1S/C11H10FN3OS/c12-8-3-7(8)11(16)13-10-4-9(14-15-10)6-1-2-17-5-6/h1-2,4-5,7-8H,3H2,(H2,13,14,15,16). The number of rotatable bonds is 3. The number of hydrogen-bond donors (Lipinski definition) is 2. The SMILES string of the molecule is O=C(Nc1cc(-c2ccsc2)[nH]n1)C1CC1F. The van der Waals surface area contributed by atoms with Crippen LogP contribution in [0.5, 0.6) is 0 Å². The largest absolute Gasteiger partial charge is 0.309 e. The molecule has 2 heterocycles. The molecule has 2 aromatic rings. The average molecular weight is 251 g/mol. The molecule has 1 fully saturated rings. The normalized spacial score (nSPS) is 22.4. The minimum Gasteiger partial charge on any atom is -0.309 e. The summed E-state index contributed by atoms with van der Waals surface area (Å²) in [5, 5.41) is 13.4. The molecule has 2 aromatic heterocycles. The highest BCUT2D eigenvalue weighted by Gasteiger charge is 2.43. The molecule has 2 N–H and O–H groups in total. The molecule has 1 saturated carbocycles. The highest BCUT2D eigenvalue weighted by Crippen LogP contribution is 2.34. The van der Waals surface area contributed by atoms with Crippen molar-refractivity contribution in [3.8, 4) is 11.3 Å². The summed E-state index contributed by atoms with van der Waals surface area (Å²) in [5.41, 5.74) is 1.87. The van der Waals surface area contributed by atoms with E-state index in [1.807, 2.05) is 16.8 Å². The molecule has 1 aliphatic carbocycles. The molecule has 88 valence electrons. The van der Waals surface area contributed by atoms with Crippen molar-refractivity contribution in [1.29, 1.82) is 0 Å². The molecule has 0 spiro atoms. The minimum atomic E-state index is -0.981. The third-order valence-electron chi connectivity index (χ3n) is 2.71. The Morgan fingerprint density at radius 2 is 2.47 bits per heavy atom. The molecule has 1 amide bonds. The molecule has 2 atom stereocenters. The van der Waals surface area contributed by atoms with Crippen molar-refractivity contribution in [3.63, 3.8) is 0 Å². The quantitative estimate of drug-likeness (QED) is 0.880. The van der Waals surface area contributed by atoms with Gasteiger partial charge in [0.15, 0.2) is 5.82 Å². The first-order valence-corrected chi connectivity index (χ1v) is 6.21. The van der Waals surface area contributed by atoms with Gasteiger partial charge in [-0.05, 0) is 17.9 Å².